The Morgan fingerprint density at radius 1 is 1.33 bits per heavy atom. The minimum absolute atomic E-state index is 0.183. The predicted octanol–water partition coefficient (Wildman–Crippen LogP) is 2.50. The maximum atomic E-state index is 13.7. The van der Waals surface area contributed by atoms with Gasteiger partial charge >= 0.3 is 0 Å². The smallest absolute Gasteiger partial charge is 0.220 e. The predicted molar refractivity (Wildman–Crippen MR) is 79.5 cm³/mol. The number of nitrogens with zero attached hydrogens (tertiary/aromatic N) is 2. The third-order valence-corrected chi connectivity index (χ3v) is 4.60. The van der Waals surface area contributed by atoms with Gasteiger partial charge in [-0.2, -0.15) is 0 Å². The first-order valence-electron chi connectivity index (χ1n) is 7.87. The van der Waals surface area contributed by atoms with Crippen molar-refractivity contribution in [1.82, 2.24) is 10.3 Å². The highest BCUT2D eigenvalue weighted by molar-refractivity contribution is 5.76. The van der Waals surface area contributed by atoms with E-state index in [4.69, 9.17) is 0 Å². The molecule has 114 valence electrons. The molecule has 2 fully saturated rings. The molecular weight excluding hydrogens is 269 g/mol. The first-order valence-corrected chi connectivity index (χ1v) is 7.87. The van der Waals surface area contributed by atoms with Crippen molar-refractivity contribution in [2.75, 3.05) is 18.0 Å². The number of hydrogen-bond acceptors (Lipinski definition) is 3. The summed E-state index contributed by atoms with van der Waals surface area (Å²) in [6.07, 6.45) is 7.57. The molecule has 2 aliphatic rings. The summed E-state index contributed by atoms with van der Waals surface area (Å²) in [5.74, 6) is 0.767. The molecule has 1 aromatic heterocycles. The Hall–Kier alpha value is -1.65. The van der Waals surface area contributed by atoms with E-state index >= 15 is 0 Å². The van der Waals surface area contributed by atoms with Crippen molar-refractivity contribution in [3.05, 3.63) is 24.1 Å². The van der Waals surface area contributed by atoms with Crippen LogP contribution in [0.25, 0.3) is 0 Å². The monoisotopic (exact) mass is 291 g/mol. The van der Waals surface area contributed by atoms with E-state index in [1.165, 1.54) is 12.5 Å². The van der Waals surface area contributed by atoms with Gasteiger partial charge in [-0.3, -0.25) is 4.79 Å². The molecule has 1 amide bonds. The Morgan fingerprint density at radius 3 is 2.71 bits per heavy atom. The number of rotatable bonds is 4. The van der Waals surface area contributed by atoms with Crippen LogP contribution in [0.5, 0.6) is 0 Å². The van der Waals surface area contributed by atoms with Crippen LogP contribution in [0.15, 0.2) is 18.3 Å². The number of aromatic nitrogens is 1. The molecule has 2 heterocycles. The summed E-state index contributed by atoms with van der Waals surface area (Å²) in [4.78, 5) is 18.0. The second-order valence-electron chi connectivity index (χ2n) is 6.14. The molecule has 1 saturated heterocycles. The van der Waals surface area contributed by atoms with E-state index in [0.29, 0.717) is 24.2 Å². The highest BCUT2D eigenvalue weighted by Crippen LogP contribution is 2.26. The van der Waals surface area contributed by atoms with E-state index in [-0.39, 0.29) is 11.7 Å². The fourth-order valence-electron chi connectivity index (χ4n) is 3.06. The van der Waals surface area contributed by atoms with Gasteiger partial charge in [-0.15, -0.1) is 0 Å². The van der Waals surface area contributed by atoms with Crippen LogP contribution >= 0.6 is 0 Å². The van der Waals surface area contributed by atoms with Crippen molar-refractivity contribution in [2.45, 2.75) is 44.6 Å². The normalized spacial score (nSPS) is 20.1. The summed E-state index contributed by atoms with van der Waals surface area (Å²) in [6.45, 7) is 1.55. The van der Waals surface area contributed by atoms with Crippen LogP contribution in [-0.2, 0) is 4.79 Å². The minimum atomic E-state index is -0.265. The minimum Gasteiger partial charge on any atom is -0.354 e. The molecule has 1 saturated carbocycles. The highest BCUT2D eigenvalue weighted by Gasteiger charge is 2.25. The molecule has 1 aliphatic heterocycles. The highest BCUT2D eigenvalue weighted by atomic mass is 19.1. The second kappa shape index (κ2) is 6.41. The first-order chi connectivity index (χ1) is 10.2. The van der Waals surface area contributed by atoms with Crippen molar-refractivity contribution in [2.24, 2.45) is 5.92 Å². The van der Waals surface area contributed by atoms with Crippen LogP contribution in [0, 0.1) is 11.7 Å². The van der Waals surface area contributed by atoms with Crippen LogP contribution in [0.1, 0.15) is 38.5 Å². The molecule has 0 unspecified atom stereocenters. The summed E-state index contributed by atoms with van der Waals surface area (Å²) in [5.41, 5.74) is 0. The van der Waals surface area contributed by atoms with E-state index in [1.54, 1.807) is 12.3 Å². The first kappa shape index (κ1) is 14.3. The summed E-state index contributed by atoms with van der Waals surface area (Å²) in [7, 11) is 0. The van der Waals surface area contributed by atoms with Crippen molar-refractivity contribution in [3.63, 3.8) is 0 Å². The van der Waals surface area contributed by atoms with Crippen LogP contribution in [0.4, 0.5) is 10.2 Å². The number of halogens is 1. The molecule has 4 nitrogen and oxygen atoms in total. The average molecular weight is 291 g/mol. The van der Waals surface area contributed by atoms with Gasteiger partial charge in [0.15, 0.2) is 11.6 Å². The average Bonchev–Trinajstić information content (AvgIpc) is 2.45. The maximum Gasteiger partial charge on any atom is 0.220 e. The van der Waals surface area contributed by atoms with Crippen molar-refractivity contribution in [3.8, 4) is 0 Å². The molecule has 0 radical (unpaired) electrons. The summed E-state index contributed by atoms with van der Waals surface area (Å²) < 4.78 is 13.7. The standard InChI is InChI=1S/C16H22FN3O/c17-14-5-2-8-18-16(14)20-9-6-12(7-10-20)11-15(21)19-13-3-1-4-13/h2,5,8,12-13H,1,3-4,6-7,9-11H2,(H,19,21). The number of nitrogens with one attached hydrogen (secondary N) is 1. The van der Waals surface area contributed by atoms with Gasteiger partial charge in [0.25, 0.3) is 0 Å². The van der Waals surface area contributed by atoms with Gasteiger partial charge in [-0.1, -0.05) is 0 Å². The third kappa shape index (κ3) is 3.52. The molecule has 0 atom stereocenters. The number of piperidine rings is 1. The Kier molecular flexibility index (Phi) is 4.36. The lowest BCUT2D eigenvalue weighted by Crippen LogP contribution is -2.41. The van der Waals surface area contributed by atoms with Gasteiger partial charge in [0.2, 0.25) is 5.91 Å². The van der Waals surface area contributed by atoms with Crippen molar-refractivity contribution in [1.29, 1.82) is 0 Å². The molecule has 1 N–H and O–H groups in total. The third-order valence-electron chi connectivity index (χ3n) is 4.60. The van der Waals surface area contributed by atoms with Crippen molar-refractivity contribution >= 4 is 11.7 Å². The lowest BCUT2D eigenvalue weighted by atomic mass is 9.90. The summed E-state index contributed by atoms with van der Waals surface area (Å²) in [6, 6.07) is 3.47. The van der Waals surface area contributed by atoms with Crippen LogP contribution < -0.4 is 10.2 Å². The molecule has 1 aromatic rings. The molecule has 0 aromatic carbocycles. The number of carbonyl (C=O) groups is 1. The zero-order valence-electron chi connectivity index (χ0n) is 12.2. The quantitative estimate of drug-likeness (QED) is 0.927. The zero-order chi connectivity index (χ0) is 14.7. The van der Waals surface area contributed by atoms with Crippen LogP contribution in [0.2, 0.25) is 0 Å². The fraction of sp³-hybridized carbons (Fsp3) is 0.625. The Balaban J connectivity index is 1.46. The van der Waals surface area contributed by atoms with Gasteiger partial charge < -0.3 is 10.2 Å². The lowest BCUT2D eigenvalue weighted by Gasteiger charge is -2.33. The molecule has 5 heteroatoms. The van der Waals surface area contributed by atoms with Crippen LogP contribution in [-0.4, -0.2) is 30.0 Å². The number of pyridine rings is 1. The van der Waals surface area contributed by atoms with E-state index in [9.17, 15) is 9.18 Å². The van der Waals surface area contributed by atoms with Crippen LogP contribution in [0.3, 0.4) is 0 Å². The molecule has 0 bridgehead atoms. The SMILES string of the molecule is O=C(CC1CCN(c2ncccc2F)CC1)NC1CCC1. The van der Waals surface area contributed by atoms with Gasteiger partial charge in [0, 0.05) is 31.7 Å². The second-order valence-corrected chi connectivity index (χ2v) is 6.14. The summed E-state index contributed by atoms with van der Waals surface area (Å²) >= 11 is 0. The maximum absolute atomic E-state index is 13.7. The zero-order valence-corrected chi connectivity index (χ0v) is 12.2. The molecule has 0 spiro atoms. The number of amides is 1. The van der Waals surface area contributed by atoms with Gasteiger partial charge in [-0.25, -0.2) is 9.37 Å². The Bertz CT molecular complexity index is 496. The van der Waals surface area contributed by atoms with Gasteiger partial charge in [-0.05, 0) is 50.2 Å². The lowest BCUT2D eigenvalue weighted by molar-refractivity contribution is -0.123. The molecule has 1 aliphatic carbocycles. The van der Waals surface area contributed by atoms with E-state index in [0.717, 1.165) is 38.8 Å². The molecule has 21 heavy (non-hydrogen) atoms. The largest absolute Gasteiger partial charge is 0.354 e. The molecule has 3 rings (SSSR count). The number of anilines is 1. The van der Waals surface area contributed by atoms with E-state index in [1.807, 2.05) is 4.90 Å². The van der Waals surface area contributed by atoms with Crippen molar-refractivity contribution < 1.29 is 9.18 Å². The number of carbonyl (C=O) groups excluding carboxylic acids is 1. The topological polar surface area (TPSA) is 45.2 Å². The van der Waals surface area contributed by atoms with Gasteiger partial charge in [0.1, 0.15) is 0 Å². The van der Waals surface area contributed by atoms with E-state index in [2.05, 4.69) is 10.3 Å². The summed E-state index contributed by atoms with van der Waals surface area (Å²) in [5, 5.41) is 3.09. The molecular formula is C16H22FN3O. The fourth-order valence-corrected chi connectivity index (χ4v) is 3.06. The Labute approximate surface area is 124 Å². The van der Waals surface area contributed by atoms with E-state index < -0.39 is 0 Å². The number of hydrogen-bond donors (Lipinski definition) is 1. The Morgan fingerprint density at radius 2 is 2.10 bits per heavy atom. The van der Waals surface area contributed by atoms with Gasteiger partial charge in [0.05, 0.1) is 0 Å².